The molecule has 2 rings (SSSR count). The van der Waals surface area contributed by atoms with E-state index in [1.165, 1.54) is 12.1 Å². The molecule has 0 spiro atoms. The zero-order valence-electron chi connectivity index (χ0n) is 9.68. The Morgan fingerprint density at radius 1 is 1.21 bits per heavy atom. The maximum atomic E-state index is 13.8. The van der Waals surface area contributed by atoms with Crippen LogP contribution in [0.2, 0.25) is 5.02 Å². The van der Waals surface area contributed by atoms with Crippen molar-refractivity contribution in [3.63, 3.8) is 0 Å². The van der Waals surface area contributed by atoms with Gasteiger partial charge in [0.05, 0.1) is 5.02 Å². The van der Waals surface area contributed by atoms with Gasteiger partial charge in [0, 0.05) is 5.56 Å². The van der Waals surface area contributed by atoms with Crippen molar-refractivity contribution in [2.45, 2.75) is 0 Å². The van der Waals surface area contributed by atoms with Gasteiger partial charge in [-0.25, -0.2) is 4.39 Å². The van der Waals surface area contributed by atoms with Gasteiger partial charge in [0.1, 0.15) is 5.75 Å². The highest BCUT2D eigenvalue weighted by atomic mass is 35.5. The van der Waals surface area contributed by atoms with Crippen molar-refractivity contribution in [2.75, 3.05) is 0 Å². The van der Waals surface area contributed by atoms with Crippen LogP contribution in [-0.4, -0.2) is 11.0 Å². The summed E-state index contributed by atoms with van der Waals surface area (Å²) in [5.74, 6) is -0.464. The van der Waals surface area contributed by atoms with E-state index in [4.69, 9.17) is 27.3 Å². The fourth-order valence-corrected chi connectivity index (χ4v) is 1.62. The van der Waals surface area contributed by atoms with Crippen LogP contribution in [0.4, 0.5) is 4.39 Å². The molecule has 0 atom stereocenters. The number of ether oxygens (including phenoxy) is 1. The molecule has 2 aromatic carbocycles. The molecule has 0 amide bonds. The Labute approximate surface area is 113 Å². The van der Waals surface area contributed by atoms with Gasteiger partial charge in [-0.2, -0.15) is 0 Å². The van der Waals surface area contributed by atoms with Gasteiger partial charge in [-0.3, -0.25) is 0 Å². The molecule has 98 valence electrons. The van der Waals surface area contributed by atoms with Crippen LogP contribution in [0.15, 0.2) is 47.6 Å². The average molecular weight is 281 g/mol. The number of nitrogens with zero attached hydrogens (tertiary/aromatic N) is 1. The normalized spacial score (nSPS) is 11.4. The first-order valence-corrected chi connectivity index (χ1v) is 5.69. The fourth-order valence-electron chi connectivity index (χ4n) is 1.45. The number of benzene rings is 2. The first-order valence-electron chi connectivity index (χ1n) is 5.31. The summed E-state index contributed by atoms with van der Waals surface area (Å²) in [6.07, 6.45) is 0. The smallest absolute Gasteiger partial charge is 0.170 e. The first-order chi connectivity index (χ1) is 9.11. The van der Waals surface area contributed by atoms with Gasteiger partial charge in [0.15, 0.2) is 17.4 Å². The number of para-hydroxylation sites is 1. The molecule has 0 saturated heterocycles. The summed E-state index contributed by atoms with van der Waals surface area (Å²) in [5.41, 5.74) is 5.62. The van der Waals surface area contributed by atoms with Gasteiger partial charge >= 0.3 is 0 Å². The first kappa shape index (κ1) is 13.2. The van der Waals surface area contributed by atoms with Crippen molar-refractivity contribution in [3.8, 4) is 11.5 Å². The zero-order valence-corrected chi connectivity index (χ0v) is 10.4. The molecule has 3 N–H and O–H groups in total. The van der Waals surface area contributed by atoms with Gasteiger partial charge in [0.25, 0.3) is 0 Å². The van der Waals surface area contributed by atoms with Crippen LogP contribution < -0.4 is 10.5 Å². The van der Waals surface area contributed by atoms with Crippen LogP contribution in [0.5, 0.6) is 11.5 Å². The lowest BCUT2D eigenvalue weighted by Gasteiger charge is -2.09. The number of nitrogens with two attached hydrogens (primary N) is 1. The van der Waals surface area contributed by atoms with E-state index >= 15 is 0 Å². The third kappa shape index (κ3) is 2.95. The van der Waals surface area contributed by atoms with E-state index in [9.17, 15) is 4.39 Å². The summed E-state index contributed by atoms with van der Waals surface area (Å²) in [7, 11) is 0. The maximum absolute atomic E-state index is 13.8. The Kier molecular flexibility index (Phi) is 3.87. The molecule has 0 aliphatic carbocycles. The molecule has 0 radical (unpaired) electrons. The van der Waals surface area contributed by atoms with E-state index in [-0.39, 0.29) is 17.1 Å². The number of rotatable bonds is 3. The standard InChI is InChI=1S/C13H10ClFN2O2/c14-9-3-1-2-4-11(9)19-12-6-5-8(7-10(12)15)13(16)17-18/h1-7,18H,(H2,16,17). The molecular formula is C13H10ClFN2O2. The van der Waals surface area contributed by atoms with Crippen molar-refractivity contribution in [1.29, 1.82) is 0 Å². The number of hydrogen-bond donors (Lipinski definition) is 2. The summed E-state index contributed by atoms with van der Waals surface area (Å²) in [6, 6.07) is 10.7. The molecule has 0 saturated carbocycles. The second kappa shape index (κ2) is 5.58. The van der Waals surface area contributed by atoms with E-state index in [2.05, 4.69) is 5.16 Å². The predicted octanol–water partition coefficient (Wildman–Crippen LogP) is 3.37. The molecule has 6 heteroatoms. The molecule has 19 heavy (non-hydrogen) atoms. The van der Waals surface area contributed by atoms with Crippen molar-refractivity contribution >= 4 is 17.4 Å². The topological polar surface area (TPSA) is 67.8 Å². The van der Waals surface area contributed by atoms with Crippen LogP contribution >= 0.6 is 11.6 Å². The van der Waals surface area contributed by atoms with Crippen molar-refractivity contribution in [2.24, 2.45) is 10.9 Å². The largest absolute Gasteiger partial charge is 0.453 e. The molecule has 0 bridgehead atoms. The lowest BCUT2D eigenvalue weighted by molar-refractivity contribution is 0.318. The minimum Gasteiger partial charge on any atom is -0.453 e. The van der Waals surface area contributed by atoms with E-state index in [0.717, 1.165) is 6.07 Å². The minimum atomic E-state index is -0.635. The molecule has 0 aliphatic rings. The molecule has 0 heterocycles. The van der Waals surface area contributed by atoms with Crippen molar-refractivity contribution < 1.29 is 14.3 Å². The molecule has 0 aliphatic heterocycles. The maximum Gasteiger partial charge on any atom is 0.170 e. The zero-order chi connectivity index (χ0) is 13.8. The second-order valence-corrected chi connectivity index (χ2v) is 4.07. The molecular weight excluding hydrogens is 271 g/mol. The second-order valence-electron chi connectivity index (χ2n) is 3.66. The van der Waals surface area contributed by atoms with Crippen LogP contribution in [-0.2, 0) is 0 Å². The Morgan fingerprint density at radius 2 is 1.95 bits per heavy atom. The molecule has 0 fully saturated rings. The quantitative estimate of drug-likeness (QED) is 0.392. The Balaban J connectivity index is 2.30. The minimum absolute atomic E-state index is 0.00240. The fraction of sp³-hybridized carbons (Fsp3) is 0. The summed E-state index contributed by atoms with van der Waals surface area (Å²) in [5, 5.41) is 11.7. The summed E-state index contributed by atoms with van der Waals surface area (Å²) < 4.78 is 19.2. The van der Waals surface area contributed by atoms with Gasteiger partial charge in [-0.1, -0.05) is 28.9 Å². The van der Waals surface area contributed by atoms with Crippen LogP contribution in [0.25, 0.3) is 0 Å². The molecule has 2 aromatic rings. The number of amidine groups is 1. The van der Waals surface area contributed by atoms with Crippen molar-refractivity contribution in [1.82, 2.24) is 0 Å². The van der Waals surface area contributed by atoms with Gasteiger partial charge in [0.2, 0.25) is 0 Å². The lowest BCUT2D eigenvalue weighted by Crippen LogP contribution is -2.13. The van der Waals surface area contributed by atoms with E-state index in [1.807, 2.05) is 0 Å². The monoisotopic (exact) mass is 280 g/mol. The summed E-state index contributed by atoms with van der Waals surface area (Å²) in [4.78, 5) is 0. The van der Waals surface area contributed by atoms with Gasteiger partial charge in [-0.15, -0.1) is 0 Å². The van der Waals surface area contributed by atoms with E-state index in [0.29, 0.717) is 10.8 Å². The van der Waals surface area contributed by atoms with Crippen molar-refractivity contribution in [3.05, 3.63) is 58.9 Å². The van der Waals surface area contributed by atoms with E-state index in [1.54, 1.807) is 24.3 Å². The van der Waals surface area contributed by atoms with Gasteiger partial charge < -0.3 is 15.7 Å². The summed E-state index contributed by atoms with van der Waals surface area (Å²) >= 11 is 5.91. The SMILES string of the molecule is N/C(=N\O)c1ccc(Oc2ccccc2Cl)c(F)c1. The predicted molar refractivity (Wildman–Crippen MR) is 70.4 cm³/mol. The highest BCUT2D eigenvalue weighted by Gasteiger charge is 2.09. The molecule has 0 unspecified atom stereocenters. The highest BCUT2D eigenvalue weighted by Crippen LogP contribution is 2.30. The van der Waals surface area contributed by atoms with E-state index < -0.39 is 5.82 Å². The Morgan fingerprint density at radius 3 is 2.58 bits per heavy atom. The number of oxime groups is 1. The van der Waals surface area contributed by atoms with Crippen LogP contribution in [0.1, 0.15) is 5.56 Å². The highest BCUT2D eigenvalue weighted by molar-refractivity contribution is 6.32. The average Bonchev–Trinajstić information content (AvgIpc) is 2.42. The third-order valence-corrected chi connectivity index (χ3v) is 2.70. The Bertz CT molecular complexity index is 632. The van der Waals surface area contributed by atoms with Crippen LogP contribution in [0, 0.1) is 5.82 Å². The molecule has 4 nitrogen and oxygen atoms in total. The van der Waals surface area contributed by atoms with Gasteiger partial charge in [-0.05, 0) is 30.3 Å². The number of halogens is 2. The number of hydrogen-bond acceptors (Lipinski definition) is 3. The summed E-state index contributed by atoms with van der Waals surface area (Å²) in [6.45, 7) is 0. The lowest BCUT2D eigenvalue weighted by atomic mass is 10.2. The third-order valence-electron chi connectivity index (χ3n) is 2.39. The Hall–Kier alpha value is -2.27. The van der Waals surface area contributed by atoms with Crippen LogP contribution in [0.3, 0.4) is 0 Å². The molecule has 0 aromatic heterocycles.